The number of ether oxygens (including phenoxy) is 1. The summed E-state index contributed by atoms with van der Waals surface area (Å²) in [6.45, 7) is 5.82. The fourth-order valence-corrected chi connectivity index (χ4v) is 2.65. The van der Waals surface area contributed by atoms with Crippen molar-refractivity contribution in [2.75, 3.05) is 0 Å². The molecule has 0 fully saturated rings. The Morgan fingerprint density at radius 3 is 2.74 bits per heavy atom. The van der Waals surface area contributed by atoms with E-state index in [2.05, 4.69) is 15.5 Å². The first-order valence-electron chi connectivity index (χ1n) is 8.53. The summed E-state index contributed by atoms with van der Waals surface area (Å²) < 4.78 is 10.9. The zero-order valence-electron chi connectivity index (χ0n) is 15.3. The highest BCUT2D eigenvalue weighted by Crippen LogP contribution is 2.24. The Morgan fingerprint density at radius 2 is 2.00 bits per heavy atom. The lowest BCUT2D eigenvalue weighted by atomic mass is 10.1. The van der Waals surface area contributed by atoms with Crippen molar-refractivity contribution in [2.45, 2.75) is 33.4 Å². The summed E-state index contributed by atoms with van der Waals surface area (Å²) in [5, 5.41) is 7.17. The Morgan fingerprint density at radius 1 is 1.22 bits per heavy atom. The molecule has 0 bridgehead atoms. The van der Waals surface area contributed by atoms with Crippen LogP contribution < -0.4 is 10.1 Å². The van der Waals surface area contributed by atoms with Crippen molar-refractivity contribution < 1.29 is 14.1 Å². The summed E-state index contributed by atoms with van der Waals surface area (Å²) in [5.74, 6) is 1.05. The van der Waals surface area contributed by atoms with E-state index in [1.807, 2.05) is 44.2 Å². The number of benzene rings is 2. The van der Waals surface area contributed by atoms with Gasteiger partial charge in [0.05, 0.1) is 11.6 Å². The van der Waals surface area contributed by atoms with Crippen molar-refractivity contribution in [3.05, 3.63) is 64.5 Å². The van der Waals surface area contributed by atoms with E-state index in [1.165, 1.54) is 5.56 Å². The highest BCUT2D eigenvalue weighted by molar-refractivity contribution is 6.33. The maximum atomic E-state index is 12.3. The monoisotopic (exact) mass is 385 g/mol. The molecule has 7 heteroatoms. The topological polar surface area (TPSA) is 77.2 Å². The van der Waals surface area contributed by atoms with Crippen LogP contribution in [0.25, 0.3) is 11.4 Å². The van der Waals surface area contributed by atoms with Gasteiger partial charge in [-0.15, -0.1) is 0 Å². The highest BCUT2D eigenvalue weighted by atomic mass is 35.5. The van der Waals surface area contributed by atoms with E-state index in [0.717, 1.165) is 5.56 Å². The number of aromatic nitrogens is 2. The van der Waals surface area contributed by atoms with Crippen LogP contribution in [0.2, 0.25) is 5.02 Å². The minimum absolute atomic E-state index is 0.108. The molecule has 0 aliphatic carbocycles. The lowest BCUT2D eigenvalue weighted by Crippen LogP contribution is -2.36. The number of carbonyl (C=O) groups excluding carboxylic acids is 1. The molecule has 1 atom stereocenters. The maximum absolute atomic E-state index is 12.3. The molecular formula is C20H20ClN3O3. The molecule has 1 N–H and O–H groups in total. The molecule has 0 aliphatic heterocycles. The Balaban J connectivity index is 1.57. The summed E-state index contributed by atoms with van der Waals surface area (Å²) in [6.07, 6.45) is -0.655. The van der Waals surface area contributed by atoms with E-state index < -0.39 is 6.10 Å². The molecule has 0 saturated carbocycles. The number of carbonyl (C=O) groups is 1. The third-order valence-corrected chi connectivity index (χ3v) is 4.49. The van der Waals surface area contributed by atoms with Gasteiger partial charge in [-0.05, 0) is 56.2 Å². The Labute approximate surface area is 162 Å². The zero-order valence-corrected chi connectivity index (χ0v) is 16.1. The fourth-order valence-electron chi connectivity index (χ4n) is 2.43. The summed E-state index contributed by atoms with van der Waals surface area (Å²) in [4.78, 5) is 16.5. The number of aryl methyl sites for hydroxylation is 2. The first-order chi connectivity index (χ1) is 12.9. The minimum atomic E-state index is -0.655. The molecule has 3 rings (SSSR count). The van der Waals surface area contributed by atoms with Gasteiger partial charge in [0, 0.05) is 5.56 Å². The molecule has 6 nitrogen and oxygen atoms in total. The second-order valence-electron chi connectivity index (χ2n) is 6.22. The maximum Gasteiger partial charge on any atom is 0.261 e. The molecule has 0 saturated heterocycles. The van der Waals surface area contributed by atoms with Gasteiger partial charge in [-0.2, -0.15) is 4.98 Å². The third kappa shape index (κ3) is 4.65. The number of amides is 1. The van der Waals surface area contributed by atoms with Gasteiger partial charge in [-0.25, -0.2) is 0 Å². The van der Waals surface area contributed by atoms with E-state index in [0.29, 0.717) is 22.2 Å². The van der Waals surface area contributed by atoms with Crippen LogP contribution in [0.5, 0.6) is 5.75 Å². The quantitative estimate of drug-likeness (QED) is 0.691. The Hall–Kier alpha value is -2.86. The van der Waals surface area contributed by atoms with Crippen LogP contribution >= 0.6 is 11.6 Å². The lowest BCUT2D eigenvalue weighted by molar-refractivity contribution is -0.127. The summed E-state index contributed by atoms with van der Waals surface area (Å²) in [6, 6.07) is 12.9. The smallest absolute Gasteiger partial charge is 0.261 e. The SMILES string of the molecule is Cc1ccc(OC(C)C(=O)NCc2nc(-c3ccccc3Cl)no2)cc1C. The van der Waals surface area contributed by atoms with Gasteiger partial charge >= 0.3 is 0 Å². The predicted octanol–water partition coefficient (Wildman–Crippen LogP) is 4.09. The summed E-state index contributed by atoms with van der Waals surface area (Å²) in [7, 11) is 0. The lowest BCUT2D eigenvalue weighted by Gasteiger charge is -2.15. The number of nitrogens with zero attached hydrogens (tertiary/aromatic N) is 2. The minimum Gasteiger partial charge on any atom is -0.481 e. The van der Waals surface area contributed by atoms with E-state index in [4.69, 9.17) is 20.9 Å². The van der Waals surface area contributed by atoms with Gasteiger partial charge in [0.2, 0.25) is 11.7 Å². The van der Waals surface area contributed by atoms with Gasteiger partial charge in [-0.3, -0.25) is 4.79 Å². The van der Waals surface area contributed by atoms with Crippen molar-refractivity contribution in [1.82, 2.24) is 15.5 Å². The average Bonchev–Trinajstić information content (AvgIpc) is 3.12. The molecule has 3 aromatic rings. The normalized spacial score (nSPS) is 11.9. The zero-order chi connectivity index (χ0) is 19.4. The molecule has 1 heterocycles. The first-order valence-corrected chi connectivity index (χ1v) is 8.91. The van der Waals surface area contributed by atoms with Crippen LogP contribution in [0.4, 0.5) is 0 Å². The molecular weight excluding hydrogens is 366 g/mol. The Kier molecular flexibility index (Phi) is 5.76. The van der Waals surface area contributed by atoms with Crippen molar-refractivity contribution >= 4 is 17.5 Å². The standard InChI is InChI=1S/C20H20ClN3O3/c1-12-8-9-15(10-13(12)2)26-14(3)20(25)22-11-18-23-19(24-27-18)16-6-4-5-7-17(16)21/h4-10,14H,11H2,1-3H3,(H,22,25). The van der Waals surface area contributed by atoms with Crippen LogP contribution in [-0.4, -0.2) is 22.2 Å². The van der Waals surface area contributed by atoms with Crippen LogP contribution in [0.1, 0.15) is 23.9 Å². The van der Waals surface area contributed by atoms with Crippen LogP contribution in [0.3, 0.4) is 0 Å². The molecule has 0 radical (unpaired) electrons. The number of halogens is 1. The second-order valence-corrected chi connectivity index (χ2v) is 6.62. The number of hydrogen-bond donors (Lipinski definition) is 1. The van der Waals surface area contributed by atoms with Crippen LogP contribution in [0.15, 0.2) is 47.0 Å². The van der Waals surface area contributed by atoms with Crippen molar-refractivity contribution in [2.24, 2.45) is 0 Å². The number of rotatable bonds is 6. The molecule has 140 valence electrons. The molecule has 1 unspecified atom stereocenters. The van der Waals surface area contributed by atoms with Crippen LogP contribution in [-0.2, 0) is 11.3 Å². The van der Waals surface area contributed by atoms with Gasteiger partial charge in [0.25, 0.3) is 5.91 Å². The van der Waals surface area contributed by atoms with Gasteiger partial charge in [0.15, 0.2) is 6.10 Å². The van der Waals surface area contributed by atoms with E-state index in [1.54, 1.807) is 19.1 Å². The third-order valence-electron chi connectivity index (χ3n) is 4.16. The van der Waals surface area contributed by atoms with E-state index in [9.17, 15) is 4.79 Å². The summed E-state index contributed by atoms with van der Waals surface area (Å²) >= 11 is 6.13. The van der Waals surface area contributed by atoms with Crippen molar-refractivity contribution in [3.8, 4) is 17.1 Å². The first kappa shape index (κ1) is 18.9. The number of nitrogens with one attached hydrogen (secondary N) is 1. The average molecular weight is 386 g/mol. The van der Waals surface area contributed by atoms with Crippen molar-refractivity contribution in [1.29, 1.82) is 0 Å². The second kappa shape index (κ2) is 8.22. The largest absolute Gasteiger partial charge is 0.481 e. The molecule has 1 amide bonds. The summed E-state index contributed by atoms with van der Waals surface area (Å²) in [5.41, 5.74) is 2.95. The molecule has 1 aromatic heterocycles. The van der Waals surface area contributed by atoms with Crippen molar-refractivity contribution in [3.63, 3.8) is 0 Å². The van der Waals surface area contributed by atoms with Gasteiger partial charge in [0.1, 0.15) is 5.75 Å². The molecule has 0 aliphatic rings. The predicted molar refractivity (Wildman–Crippen MR) is 103 cm³/mol. The van der Waals surface area contributed by atoms with E-state index >= 15 is 0 Å². The molecule has 27 heavy (non-hydrogen) atoms. The fraction of sp³-hybridized carbons (Fsp3) is 0.250. The van der Waals surface area contributed by atoms with Crippen LogP contribution in [0, 0.1) is 13.8 Å². The van der Waals surface area contributed by atoms with Gasteiger partial charge < -0.3 is 14.6 Å². The molecule has 2 aromatic carbocycles. The Bertz CT molecular complexity index is 955. The van der Waals surface area contributed by atoms with Gasteiger partial charge in [-0.1, -0.05) is 35.0 Å². The van der Waals surface area contributed by atoms with E-state index in [-0.39, 0.29) is 18.3 Å². The molecule has 0 spiro atoms. The highest BCUT2D eigenvalue weighted by Gasteiger charge is 2.17. The number of hydrogen-bond acceptors (Lipinski definition) is 5.